The van der Waals surface area contributed by atoms with E-state index < -0.39 is 0 Å². The molecule has 11 heavy (non-hydrogen) atoms. The Bertz CT molecular complexity index is 301. The molecule has 1 radical (unpaired) electrons. The zero-order valence-corrected chi connectivity index (χ0v) is 6.46. The lowest BCUT2D eigenvalue weighted by molar-refractivity contribution is 0.796. The fourth-order valence-corrected chi connectivity index (χ4v) is 2.48. The van der Waals surface area contributed by atoms with Crippen molar-refractivity contribution in [1.29, 1.82) is 0 Å². The van der Waals surface area contributed by atoms with Crippen LogP contribution in [0.25, 0.3) is 0 Å². The van der Waals surface area contributed by atoms with E-state index in [0.29, 0.717) is 0 Å². The van der Waals surface area contributed by atoms with Gasteiger partial charge in [-0.2, -0.15) is 0 Å². The maximum Gasteiger partial charge on any atom is -0.00935 e. The topological polar surface area (TPSA) is 0 Å². The maximum atomic E-state index is 4.13. The van der Waals surface area contributed by atoms with E-state index in [1.54, 1.807) is 11.1 Å². The number of benzene rings is 1. The van der Waals surface area contributed by atoms with Crippen molar-refractivity contribution in [2.24, 2.45) is 11.8 Å². The zero-order valence-electron chi connectivity index (χ0n) is 6.46. The average molecular weight is 143 g/mol. The molecule has 1 aromatic rings. The van der Waals surface area contributed by atoms with E-state index in [2.05, 4.69) is 31.2 Å². The molecular formula is C11H11. The molecule has 2 aliphatic carbocycles. The van der Waals surface area contributed by atoms with Crippen LogP contribution in [0.3, 0.4) is 0 Å². The zero-order chi connectivity index (χ0) is 7.42. The predicted octanol–water partition coefficient (Wildman–Crippen LogP) is 2.41. The predicted molar refractivity (Wildman–Crippen MR) is 45.2 cm³/mol. The van der Waals surface area contributed by atoms with E-state index in [0.717, 1.165) is 17.8 Å². The third-order valence-electron chi connectivity index (χ3n) is 3.20. The van der Waals surface area contributed by atoms with Gasteiger partial charge in [0.1, 0.15) is 0 Å². The molecule has 3 atom stereocenters. The van der Waals surface area contributed by atoms with Gasteiger partial charge >= 0.3 is 0 Å². The van der Waals surface area contributed by atoms with Crippen molar-refractivity contribution in [1.82, 2.24) is 0 Å². The first kappa shape index (κ1) is 5.82. The van der Waals surface area contributed by atoms with E-state index in [1.807, 2.05) is 0 Å². The van der Waals surface area contributed by atoms with Crippen LogP contribution in [0.4, 0.5) is 0 Å². The largest absolute Gasteiger partial charge is 0.0620 e. The minimum Gasteiger partial charge on any atom is -0.0620 e. The van der Waals surface area contributed by atoms with Gasteiger partial charge in [-0.1, -0.05) is 24.3 Å². The maximum absolute atomic E-state index is 4.13. The van der Waals surface area contributed by atoms with Crippen molar-refractivity contribution in [2.75, 3.05) is 0 Å². The highest BCUT2D eigenvalue weighted by atomic mass is 14.6. The van der Waals surface area contributed by atoms with Crippen LogP contribution in [-0.2, 0) is 6.42 Å². The molecule has 0 heteroatoms. The monoisotopic (exact) mass is 143 g/mol. The molecule has 3 rings (SSSR count). The summed E-state index contributed by atoms with van der Waals surface area (Å²) in [4.78, 5) is 0. The SMILES string of the molecule is [CH2][C@H]1[C@@H]2Cc3ccccc3[C@H]12. The molecule has 0 N–H and O–H groups in total. The van der Waals surface area contributed by atoms with Crippen LogP contribution < -0.4 is 0 Å². The molecule has 0 aliphatic heterocycles. The summed E-state index contributed by atoms with van der Waals surface area (Å²) in [6, 6.07) is 8.81. The Morgan fingerprint density at radius 2 is 2.09 bits per heavy atom. The lowest BCUT2D eigenvalue weighted by Crippen LogP contribution is -1.89. The van der Waals surface area contributed by atoms with Crippen LogP contribution in [0.2, 0.25) is 0 Å². The van der Waals surface area contributed by atoms with Gasteiger partial charge in [0, 0.05) is 0 Å². The third-order valence-corrected chi connectivity index (χ3v) is 3.20. The fourth-order valence-electron chi connectivity index (χ4n) is 2.48. The molecule has 0 bridgehead atoms. The van der Waals surface area contributed by atoms with E-state index >= 15 is 0 Å². The summed E-state index contributed by atoms with van der Waals surface area (Å²) in [7, 11) is 0. The molecule has 0 heterocycles. The number of hydrogen-bond donors (Lipinski definition) is 0. The Morgan fingerprint density at radius 1 is 1.27 bits per heavy atom. The fraction of sp³-hybridized carbons (Fsp3) is 0.364. The van der Waals surface area contributed by atoms with Gasteiger partial charge in [0.2, 0.25) is 0 Å². The highest BCUT2D eigenvalue weighted by Gasteiger charge is 2.52. The lowest BCUT2D eigenvalue weighted by Gasteiger charge is -2.02. The standard InChI is InChI=1S/C11H11/c1-7-10-6-8-4-2-3-5-9(8)11(7)10/h2-5,7,10-11H,1,6H2/t7-,10-,11-/m0/s1. The summed E-state index contributed by atoms with van der Waals surface area (Å²) in [5.41, 5.74) is 3.15. The molecule has 0 nitrogen and oxygen atoms in total. The van der Waals surface area contributed by atoms with E-state index in [-0.39, 0.29) is 0 Å². The van der Waals surface area contributed by atoms with Crippen molar-refractivity contribution >= 4 is 0 Å². The van der Waals surface area contributed by atoms with Crippen LogP contribution in [-0.4, -0.2) is 0 Å². The number of fused-ring (bicyclic) bond motifs is 3. The summed E-state index contributed by atoms with van der Waals surface area (Å²) in [5.74, 6) is 2.45. The number of rotatable bonds is 0. The van der Waals surface area contributed by atoms with E-state index in [4.69, 9.17) is 0 Å². The molecule has 55 valence electrons. The van der Waals surface area contributed by atoms with Crippen LogP contribution in [0.1, 0.15) is 17.0 Å². The van der Waals surface area contributed by atoms with Gasteiger partial charge in [-0.3, -0.25) is 0 Å². The normalized spacial score (nSPS) is 38.1. The summed E-state index contributed by atoms with van der Waals surface area (Å²) in [6.45, 7) is 4.13. The van der Waals surface area contributed by atoms with Gasteiger partial charge in [-0.05, 0) is 42.2 Å². The summed E-state index contributed by atoms with van der Waals surface area (Å²) in [6.07, 6.45) is 1.29. The van der Waals surface area contributed by atoms with Crippen LogP contribution in [0, 0.1) is 18.8 Å². The van der Waals surface area contributed by atoms with Gasteiger partial charge in [-0.15, -0.1) is 0 Å². The first-order valence-corrected chi connectivity index (χ1v) is 4.29. The highest BCUT2D eigenvalue weighted by molar-refractivity contribution is 5.43. The molecule has 0 spiro atoms. The summed E-state index contributed by atoms with van der Waals surface area (Å²) in [5, 5.41) is 0. The van der Waals surface area contributed by atoms with Crippen LogP contribution >= 0.6 is 0 Å². The van der Waals surface area contributed by atoms with Crippen LogP contribution in [0.5, 0.6) is 0 Å². The van der Waals surface area contributed by atoms with Gasteiger partial charge in [-0.25, -0.2) is 0 Å². The minimum atomic E-state index is 0.727. The summed E-state index contributed by atoms with van der Waals surface area (Å²) < 4.78 is 0. The van der Waals surface area contributed by atoms with Gasteiger partial charge < -0.3 is 0 Å². The molecule has 2 aliphatic rings. The van der Waals surface area contributed by atoms with E-state index in [9.17, 15) is 0 Å². The smallest absolute Gasteiger partial charge is 0.00935 e. The Labute approximate surface area is 67.2 Å². The molecule has 1 aromatic carbocycles. The second kappa shape index (κ2) is 1.69. The van der Waals surface area contributed by atoms with Crippen molar-refractivity contribution < 1.29 is 0 Å². The Hall–Kier alpha value is -0.780. The molecule has 1 fully saturated rings. The van der Waals surface area contributed by atoms with Crippen molar-refractivity contribution in [3.05, 3.63) is 42.3 Å². The first-order valence-electron chi connectivity index (χ1n) is 4.29. The molecule has 0 amide bonds. The molecule has 1 saturated carbocycles. The van der Waals surface area contributed by atoms with Crippen molar-refractivity contribution in [3.8, 4) is 0 Å². The van der Waals surface area contributed by atoms with Crippen LogP contribution in [0.15, 0.2) is 24.3 Å². The Balaban J connectivity index is 2.13. The molecule has 0 unspecified atom stereocenters. The second-order valence-electron chi connectivity index (χ2n) is 3.76. The van der Waals surface area contributed by atoms with Crippen molar-refractivity contribution in [3.63, 3.8) is 0 Å². The second-order valence-corrected chi connectivity index (χ2v) is 3.76. The average Bonchev–Trinajstić information content (AvgIpc) is 2.55. The highest BCUT2D eigenvalue weighted by Crippen LogP contribution is 2.60. The van der Waals surface area contributed by atoms with Gasteiger partial charge in [0.25, 0.3) is 0 Å². The van der Waals surface area contributed by atoms with Gasteiger partial charge in [0.05, 0.1) is 0 Å². The first-order chi connectivity index (χ1) is 5.38. The minimum absolute atomic E-state index is 0.727. The quantitative estimate of drug-likeness (QED) is 0.523. The van der Waals surface area contributed by atoms with Gasteiger partial charge in [0.15, 0.2) is 0 Å². The summed E-state index contributed by atoms with van der Waals surface area (Å²) >= 11 is 0. The lowest BCUT2D eigenvalue weighted by atomic mass is 10.0. The van der Waals surface area contributed by atoms with E-state index in [1.165, 1.54) is 6.42 Å². The molecular weight excluding hydrogens is 132 g/mol. The Kier molecular flexibility index (Phi) is 0.892. The third kappa shape index (κ3) is 0.604. The molecule has 0 saturated heterocycles. The Morgan fingerprint density at radius 3 is 3.00 bits per heavy atom. The van der Waals surface area contributed by atoms with Crippen molar-refractivity contribution in [2.45, 2.75) is 12.3 Å². The number of hydrogen-bond acceptors (Lipinski definition) is 0. The molecule has 0 aromatic heterocycles.